The molecule has 0 spiro atoms. The van der Waals surface area contributed by atoms with Gasteiger partial charge in [-0.05, 0) is 48.5 Å². The van der Waals surface area contributed by atoms with E-state index in [1.807, 2.05) is 47.4 Å². The number of aromatic nitrogens is 3. The quantitative estimate of drug-likeness (QED) is 0.180. The smallest absolute Gasteiger partial charge is 0.337 e. The molecular weight excluding hydrogens is 446 g/mol. The molecule has 34 heavy (non-hydrogen) atoms. The van der Waals surface area contributed by atoms with Gasteiger partial charge >= 0.3 is 5.97 Å². The zero-order valence-corrected chi connectivity index (χ0v) is 20.6. The number of hydrogen-bond donors (Lipinski definition) is 2. The molecule has 2 N–H and O–H groups in total. The zero-order valence-electron chi connectivity index (χ0n) is 19.6. The Kier molecular flexibility index (Phi) is 6.94. The number of carboxylic acid groups (broad SMARTS) is 1. The van der Waals surface area contributed by atoms with E-state index in [4.69, 9.17) is 9.84 Å². The van der Waals surface area contributed by atoms with Crippen LogP contribution < -0.4 is 5.32 Å². The molecule has 0 saturated heterocycles. The summed E-state index contributed by atoms with van der Waals surface area (Å²) in [6.45, 7) is 7.98. The van der Waals surface area contributed by atoms with E-state index in [0.717, 1.165) is 28.3 Å². The highest BCUT2D eigenvalue weighted by atomic mass is 28.3. The standard InChI is InChI=1S/C25H29N5O3Si/c1-34(2,3)15-14-33-18-30-24-16-19(27-22-9-5-4-8-21(22)25(31)32)10-11-20(24)23(28-30)17-26-29-12-6-7-13-29/h4-13,16-17,27H,14-15,18H2,1-3H3,(H,31,32)/b26-17+. The van der Waals surface area contributed by atoms with Crippen molar-refractivity contribution in [2.75, 3.05) is 11.9 Å². The van der Waals surface area contributed by atoms with Crippen molar-refractivity contribution in [2.45, 2.75) is 32.4 Å². The number of anilines is 2. The highest BCUT2D eigenvalue weighted by Gasteiger charge is 2.15. The summed E-state index contributed by atoms with van der Waals surface area (Å²) in [5.74, 6) is -0.978. The summed E-state index contributed by atoms with van der Waals surface area (Å²) < 4.78 is 9.50. The molecule has 0 unspecified atom stereocenters. The third-order valence-corrected chi connectivity index (χ3v) is 7.03. The minimum Gasteiger partial charge on any atom is -0.478 e. The van der Waals surface area contributed by atoms with Gasteiger partial charge in [0.05, 0.1) is 23.0 Å². The summed E-state index contributed by atoms with van der Waals surface area (Å²) in [4.78, 5) is 11.6. The van der Waals surface area contributed by atoms with Gasteiger partial charge in [-0.15, -0.1) is 0 Å². The summed E-state index contributed by atoms with van der Waals surface area (Å²) in [6.07, 6.45) is 5.45. The van der Waals surface area contributed by atoms with Gasteiger partial charge in [-0.3, -0.25) is 0 Å². The molecule has 8 nitrogen and oxygen atoms in total. The topological polar surface area (TPSA) is 93.7 Å². The van der Waals surface area contributed by atoms with Crippen LogP contribution in [0.4, 0.5) is 11.4 Å². The molecule has 2 aromatic heterocycles. The van der Waals surface area contributed by atoms with E-state index in [2.05, 4.69) is 30.1 Å². The molecule has 0 aliphatic heterocycles. The Balaban J connectivity index is 1.64. The molecule has 2 aromatic carbocycles. The van der Waals surface area contributed by atoms with Crippen LogP contribution in [0.2, 0.25) is 25.7 Å². The van der Waals surface area contributed by atoms with E-state index >= 15 is 0 Å². The largest absolute Gasteiger partial charge is 0.478 e. The third-order valence-electron chi connectivity index (χ3n) is 5.33. The van der Waals surface area contributed by atoms with Crippen molar-refractivity contribution in [3.63, 3.8) is 0 Å². The molecule has 0 amide bonds. The Morgan fingerprint density at radius 3 is 2.65 bits per heavy atom. The molecule has 0 bridgehead atoms. The molecule has 4 aromatic rings. The van der Waals surface area contributed by atoms with Gasteiger partial charge in [-0.2, -0.15) is 10.2 Å². The average molecular weight is 476 g/mol. The normalized spacial score (nSPS) is 12.0. The fourth-order valence-electron chi connectivity index (χ4n) is 3.46. The Labute approximate surface area is 199 Å². The highest BCUT2D eigenvalue weighted by molar-refractivity contribution is 6.76. The van der Waals surface area contributed by atoms with E-state index in [1.165, 1.54) is 0 Å². The summed E-state index contributed by atoms with van der Waals surface area (Å²) >= 11 is 0. The maximum atomic E-state index is 11.6. The van der Waals surface area contributed by atoms with Crippen molar-refractivity contribution in [1.82, 2.24) is 14.5 Å². The number of rotatable bonds is 10. The Morgan fingerprint density at radius 1 is 1.15 bits per heavy atom. The van der Waals surface area contributed by atoms with Gasteiger partial charge in [0.2, 0.25) is 0 Å². The van der Waals surface area contributed by atoms with Crippen molar-refractivity contribution in [1.29, 1.82) is 0 Å². The SMILES string of the molecule is C[Si](C)(C)CCOCn1nc(/C=N/n2cccc2)c2ccc(Nc3ccccc3C(=O)O)cc21. The molecule has 9 heteroatoms. The lowest BCUT2D eigenvalue weighted by Gasteiger charge is -2.15. The first kappa shape index (κ1) is 23.5. The fourth-order valence-corrected chi connectivity index (χ4v) is 4.22. The summed E-state index contributed by atoms with van der Waals surface area (Å²) in [5, 5.41) is 22.8. The van der Waals surface area contributed by atoms with Crippen LogP contribution in [-0.4, -0.2) is 46.4 Å². The predicted octanol–water partition coefficient (Wildman–Crippen LogP) is 5.47. The first-order valence-corrected chi connectivity index (χ1v) is 14.9. The maximum absolute atomic E-state index is 11.6. The number of aromatic carboxylic acids is 1. The summed E-state index contributed by atoms with van der Waals surface area (Å²) in [5.41, 5.74) is 3.11. The molecule has 0 aliphatic rings. The second-order valence-electron chi connectivity index (χ2n) is 9.25. The van der Waals surface area contributed by atoms with Gasteiger partial charge in [0, 0.05) is 38.1 Å². The number of carbonyl (C=O) groups is 1. The number of fused-ring (bicyclic) bond motifs is 1. The van der Waals surface area contributed by atoms with Crippen LogP contribution >= 0.6 is 0 Å². The number of nitrogens with one attached hydrogen (secondary N) is 1. The first-order chi connectivity index (χ1) is 16.3. The summed E-state index contributed by atoms with van der Waals surface area (Å²) in [6, 6.07) is 17.6. The molecule has 2 heterocycles. The van der Waals surface area contributed by atoms with Gasteiger partial charge in [-0.25, -0.2) is 14.2 Å². The Bertz CT molecular complexity index is 1310. The minimum absolute atomic E-state index is 0.213. The molecular formula is C25H29N5O3Si. The van der Waals surface area contributed by atoms with Gasteiger partial charge < -0.3 is 15.2 Å². The van der Waals surface area contributed by atoms with Crippen LogP contribution in [-0.2, 0) is 11.5 Å². The fraction of sp³-hybridized carbons (Fsp3) is 0.240. The number of para-hydroxylation sites is 1. The zero-order chi connectivity index (χ0) is 24.1. The van der Waals surface area contributed by atoms with Crippen LogP contribution in [0.5, 0.6) is 0 Å². The lowest BCUT2D eigenvalue weighted by Crippen LogP contribution is -2.22. The van der Waals surface area contributed by atoms with Crippen molar-refractivity contribution < 1.29 is 14.6 Å². The molecule has 4 rings (SSSR count). The predicted molar refractivity (Wildman–Crippen MR) is 138 cm³/mol. The second kappa shape index (κ2) is 10.1. The molecule has 0 atom stereocenters. The molecule has 0 saturated carbocycles. The lowest BCUT2D eigenvalue weighted by molar-refractivity contribution is 0.0698. The van der Waals surface area contributed by atoms with Gasteiger partial charge in [0.1, 0.15) is 12.4 Å². The van der Waals surface area contributed by atoms with Crippen LogP contribution in [0, 0.1) is 0 Å². The summed E-state index contributed by atoms with van der Waals surface area (Å²) in [7, 11) is -1.19. The lowest BCUT2D eigenvalue weighted by atomic mass is 10.1. The van der Waals surface area contributed by atoms with Crippen molar-refractivity contribution >= 4 is 42.5 Å². The van der Waals surface area contributed by atoms with Crippen LogP contribution in [0.3, 0.4) is 0 Å². The molecule has 176 valence electrons. The highest BCUT2D eigenvalue weighted by Crippen LogP contribution is 2.26. The van der Waals surface area contributed by atoms with Crippen LogP contribution in [0.15, 0.2) is 72.1 Å². The van der Waals surface area contributed by atoms with E-state index in [0.29, 0.717) is 19.0 Å². The third kappa shape index (κ3) is 5.80. The van der Waals surface area contributed by atoms with Gasteiger partial charge in [0.25, 0.3) is 0 Å². The second-order valence-corrected chi connectivity index (χ2v) is 14.9. The van der Waals surface area contributed by atoms with E-state index in [-0.39, 0.29) is 5.56 Å². The number of carboxylic acids is 1. The Hall–Kier alpha value is -3.69. The number of ether oxygens (including phenoxy) is 1. The van der Waals surface area contributed by atoms with Crippen molar-refractivity contribution in [3.8, 4) is 0 Å². The van der Waals surface area contributed by atoms with Gasteiger partial charge in [-0.1, -0.05) is 31.8 Å². The van der Waals surface area contributed by atoms with Crippen LogP contribution in [0.25, 0.3) is 10.9 Å². The average Bonchev–Trinajstić information content (AvgIpc) is 3.43. The van der Waals surface area contributed by atoms with E-state index in [9.17, 15) is 9.90 Å². The molecule has 0 fully saturated rings. The van der Waals surface area contributed by atoms with Gasteiger partial charge in [0.15, 0.2) is 0 Å². The minimum atomic E-state index is -1.19. The van der Waals surface area contributed by atoms with E-state index < -0.39 is 14.0 Å². The Morgan fingerprint density at radius 2 is 1.91 bits per heavy atom. The number of nitrogens with zero attached hydrogens (tertiary/aromatic N) is 4. The van der Waals surface area contributed by atoms with Crippen LogP contribution in [0.1, 0.15) is 16.1 Å². The molecule has 0 aliphatic carbocycles. The number of hydrogen-bond acceptors (Lipinski definition) is 5. The van der Waals surface area contributed by atoms with Crippen molar-refractivity contribution in [3.05, 3.63) is 78.2 Å². The first-order valence-electron chi connectivity index (χ1n) is 11.2. The number of benzene rings is 2. The van der Waals surface area contributed by atoms with Crippen molar-refractivity contribution in [2.24, 2.45) is 5.10 Å². The maximum Gasteiger partial charge on any atom is 0.337 e. The van der Waals surface area contributed by atoms with E-state index in [1.54, 1.807) is 35.2 Å². The molecule has 0 radical (unpaired) electrons. The monoisotopic (exact) mass is 475 g/mol.